The molecule has 1 amide bonds. The minimum absolute atomic E-state index is 0.147. The summed E-state index contributed by atoms with van der Waals surface area (Å²) in [5.74, 6) is -1.31. The first-order valence-electron chi connectivity index (χ1n) is 5.30. The van der Waals surface area contributed by atoms with E-state index in [0.717, 1.165) is 0 Å². The molecule has 0 saturated carbocycles. The maximum absolute atomic E-state index is 11.9. The fourth-order valence-corrected chi connectivity index (χ4v) is 2.63. The Balaban J connectivity index is 2.57. The molecule has 0 aromatic carbocycles. The molecule has 5 nitrogen and oxygen atoms in total. The number of carboxylic acid groups (broad SMARTS) is 1. The largest absolute Gasteiger partial charge is 0.481 e. The Labute approximate surface area is 97.3 Å². The molecule has 0 aliphatic carbocycles. The Morgan fingerprint density at radius 2 is 1.69 bits per heavy atom. The van der Waals surface area contributed by atoms with E-state index in [4.69, 9.17) is 5.11 Å². The van der Waals surface area contributed by atoms with Gasteiger partial charge < -0.3 is 10.0 Å². The summed E-state index contributed by atoms with van der Waals surface area (Å²) in [6.07, 6.45) is 0. The van der Waals surface area contributed by atoms with Gasteiger partial charge in [-0.1, -0.05) is 13.8 Å². The summed E-state index contributed by atoms with van der Waals surface area (Å²) in [6, 6.07) is 0. The van der Waals surface area contributed by atoms with Crippen molar-refractivity contribution in [3.63, 3.8) is 0 Å². The Morgan fingerprint density at radius 3 is 2.12 bits per heavy atom. The highest BCUT2D eigenvalue weighted by Crippen LogP contribution is 2.15. The minimum atomic E-state index is -0.957. The zero-order valence-electron chi connectivity index (χ0n) is 9.51. The summed E-state index contributed by atoms with van der Waals surface area (Å²) in [5, 5.41) is 8.82. The van der Waals surface area contributed by atoms with E-state index < -0.39 is 28.6 Å². The normalized spacial score (nSPS) is 21.5. The molecule has 1 aliphatic heterocycles. The molecule has 0 bridgehead atoms. The summed E-state index contributed by atoms with van der Waals surface area (Å²) in [6.45, 7) is 4.12. The zero-order valence-corrected chi connectivity index (χ0v) is 10.3. The Hall–Kier alpha value is -0.910. The topological polar surface area (TPSA) is 74.7 Å². The lowest BCUT2D eigenvalue weighted by molar-refractivity contribution is -0.149. The lowest BCUT2D eigenvalue weighted by Crippen LogP contribution is -2.46. The number of hydrogen-bond donors (Lipinski definition) is 1. The van der Waals surface area contributed by atoms with Crippen molar-refractivity contribution >= 4 is 22.7 Å². The first-order chi connectivity index (χ1) is 7.43. The van der Waals surface area contributed by atoms with Gasteiger partial charge in [0.25, 0.3) is 0 Å². The predicted octanol–water partition coefficient (Wildman–Crippen LogP) is -0.0659. The lowest BCUT2D eigenvalue weighted by Gasteiger charge is -2.29. The number of aliphatic carboxylic acids is 1. The predicted molar refractivity (Wildman–Crippen MR) is 60.4 cm³/mol. The fourth-order valence-electron chi connectivity index (χ4n) is 1.57. The van der Waals surface area contributed by atoms with Crippen LogP contribution in [0.1, 0.15) is 13.8 Å². The first-order valence-corrected chi connectivity index (χ1v) is 6.79. The van der Waals surface area contributed by atoms with E-state index in [0.29, 0.717) is 24.6 Å². The smallest absolute Gasteiger partial charge is 0.307 e. The number of amides is 1. The fraction of sp³-hybridized carbons (Fsp3) is 0.800. The average Bonchev–Trinajstić information content (AvgIpc) is 2.27. The van der Waals surface area contributed by atoms with Gasteiger partial charge in [-0.2, -0.15) is 0 Å². The van der Waals surface area contributed by atoms with Crippen molar-refractivity contribution in [3.05, 3.63) is 0 Å². The van der Waals surface area contributed by atoms with Crippen molar-refractivity contribution in [1.82, 2.24) is 4.90 Å². The summed E-state index contributed by atoms with van der Waals surface area (Å²) in [4.78, 5) is 24.3. The number of carbonyl (C=O) groups excluding carboxylic acids is 1. The van der Waals surface area contributed by atoms with Gasteiger partial charge in [0.1, 0.15) is 0 Å². The van der Waals surface area contributed by atoms with Gasteiger partial charge in [0.2, 0.25) is 5.91 Å². The maximum Gasteiger partial charge on any atom is 0.307 e. The van der Waals surface area contributed by atoms with Crippen LogP contribution in [-0.4, -0.2) is 50.7 Å². The standard InChI is InChI=1S/C10H17NO4S/c1-7(8(2)10(13)14)9(12)11-3-5-16(15)6-4-11/h7-8H,3-6H2,1-2H3,(H,13,14). The number of rotatable bonds is 3. The molecule has 16 heavy (non-hydrogen) atoms. The number of nitrogens with zero attached hydrogens (tertiary/aromatic N) is 1. The lowest BCUT2D eigenvalue weighted by atomic mass is 9.95. The number of hydrogen-bond acceptors (Lipinski definition) is 3. The molecule has 2 atom stereocenters. The third-order valence-electron chi connectivity index (χ3n) is 3.02. The van der Waals surface area contributed by atoms with E-state index in [1.54, 1.807) is 11.8 Å². The van der Waals surface area contributed by atoms with Crippen molar-refractivity contribution in [3.8, 4) is 0 Å². The maximum atomic E-state index is 11.9. The highest BCUT2D eigenvalue weighted by Gasteiger charge is 2.30. The molecule has 1 rings (SSSR count). The summed E-state index contributed by atoms with van der Waals surface area (Å²) in [5.41, 5.74) is 0. The van der Waals surface area contributed by atoms with Crippen LogP contribution in [0.3, 0.4) is 0 Å². The number of carbonyl (C=O) groups is 2. The van der Waals surface area contributed by atoms with Crippen LogP contribution in [0.2, 0.25) is 0 Å². The van der Waals surface area contributed by atoms with Crippen LogP contribution in [0.4, 0.5) is 0 Å². The molecule has 92 valence electrons. The summed E-state index contributed by atoms with van der Waals surface area (Å²) < 4.78 is 11.1. The van der Waals surface area contributed by atoms with Gasteiger partial charge in [-0.15, -0.1) is 0 Å². The van der Waals surface area contributed by atoms with Crippen LogP contribution in [0, 0.1) is 11.8 Å². The van der Waals surface area contributed by atoms with Gasteiger partial charge in [0.05, 0.1) is 5.92 Å². The van der Waals surface area contributed by atoms with E-state index in [2.05, 4.69) is 0 Å². The SMILES string of the molecule is CC(C(=O)O)C(C)C(=O)N1CCS(=O)CC1. The first kappa shape index (κ1) is 13.2. The molecule has 1 aliphatic rings. The molecule has 0 aromatic rings. The average molecular weight is 247 g/mol. The van der Waals surface area contributed by atoms with Gasteiger partial charge >= 0.3 is 5.97 Å². The van der Waals surface area contributed by atoms with Crippen molar-refractivity contribution in [2.24, 2.45) is 11.8 Å². The van der Waals surface area contributed by atoms with Crippen LogP contribution in [0.5, 0.6) is 0 Å². The van der Waals surface area contributed by atoms with Crippen LogP contribution in [-0.2, 0) is 20.4 Å². The second-order valence-electron chi connectivity index (χ2n) is 4.09. The molecule has 1 N–H and O–H groups in total. The molecule has 2 unspecified atom stereocenters. The van der Waals surface area contributed by atoms with Crippen LogP contribution >= 0.6 is 0 Å². The van der Waals surface area contributed by atoms with Crippen LogP contribution in [0.25, 0.3) is 0 Å². The van der Waals surface area contributed by atoms with Gasteiger partial charge in [0.15, 0.2) is 0 Å². The van der Waals surface area contributed by atoms with E-state index in [1.807, 2.05) is 0 Å². The van der Waals surface area contributed by atoms with Crippen molar-refractivity contribution in [2.45, 2.75) is 13.8 Å². The summed E-state index contributed by atoms with van der Waals surface area (Å²) >= 11 is 0. The van der Waals surface area contributed by atoms with Crippen molar-refractivity contribution in [2.75, 3.05) is 24.6 Å². The molecule has 1 saturated heterocycles. The van der Waals surface area contributed by atoms with E-state index in [9.17, 15) is 13.8 Å². The van der Waals surface area contributed by atoms with E-state index >= 15 is 0 Å². The quantitative estimate of drug-likeness (QED) is 0.758. The highest BCUT2D eigenvalue weighted by molar-refractivity contribution is 7.85. The van der Waals surface area contributed by atoms with Crippen LogP contribution in [0.15, 0.2) is 0 Å². The number of carboxylic acids is 1. The Kier molecular flexibility index (Phi) is 4.46. The van der Waals surface area contributed by atoms with Gasteiger partial charge in [0, 0.05) is 41.3 Å². The van der Waals surface area contributed by atoms with Crippen LogP contribution < -0.4 is 0 Å². The van der Waals surface area contributed by atoms with Gasteiger partial charge in [-0.3, -0.25) is 13.8 Å². The van der Waals surface area contributed by atoms with Gasteiger partial charge in [-0.25, -0.2) is 0 Å². The Morgan fingerprint density at radius 1 is 1.19 bits per heavy atom. The van der Waals surface area contributed by atoms with Crippen molar-refractivity contribution < 1.29 is 18.9 Å². The van der Waals surface area contributed by atoms with Gasteiger partial charge in [-0.05, 0) is 0 Å². The molecule has 1 fully saturated rings. The molecular formula is C10H17NO4S. The molecule has 6 heteroatoms. The minimum Gasteiger partial charge on any atom is -0.481 e. The monoisotopic (exact) mass is 247 g/mol. The molecule has 1 heterocycles. The van der Waals surface area contributed by atoms with E-state index in [-0.39, 0.29) is 5.91 Å². The zero-order chi connectivity index (χ0) is 12.3. The molecule has 0 radical (unpaired) electrons. The molecule has 0 aromatic heterocycles. The third kappa shape index (κ3) is 3.04. The summed E-state index contributed by atoms with van der Waals surface area (Å²) in [7, 11) is -0.820. The molecular weight excluding hydrogens is 230 g/mol. The third-order valence-corrected chi connectivity index (χ3v) is 4.29. The second-order valence-corrected chi connectivity index (χ2v) is 5.79. The Bertz CT molecular complexity index is 308. The van der Waals surface area contributed by atoms with Crippen molar-refractivity contribution in [1.29, 1.82) is 0 Å². The second kappa shape index (κ2) is 5.43. The molecule has 0 spiro atoms. The highest BCUT2D eigenvalue weighted by atomic mass is 32.2. The van der Waals surface area contributed by atoms with E-state index in [1.165, 1.54) is 6.92 Å².